The van der Waals surface area contributed by atoms with Crippen LogP contribution < -0.4 is 0 Å². The molecule has 1 aliphatic carbocycles. The molecule has 2 aromatic rings. The number of amides is 1. The van der Waals surface area contributed by atoms with E-state index in [-0.39, 0.29) is 5.91 Å². The number of aromatic nitrogens is 2. The van der Waals surface area contributed by atoms with Crippen LogP contribution in [-0.2, 0) is 6.54 Å². The summed E-state index contributed by atoms with van der Waals surface area (Å²) in [7, 11) is 0. The first-order valence-corrected chi connectivity index (χ1v) is 11.7. The third kappa shape index (κ3) is 3.45. The molecule has 5 rings (SSSR count). The second-order valence-electron chi connectivity index (χ2n) is 11.3. The van der Waals surface area contributed by atoms with Crippen LogP contribution in [0.2, 0.25) is 0 Å². The van der Waals surface area contributed by atoms with Crippen molar-refractivity contribution in [3.8, 4) is 0 Å². The molecule has 3 fully saturated rings. The van der Waals surface area contributed by atoms with Crippen LogP contribution in [-0.4, -0.2) is 50.8 Å². The normalized spacial score (nSPS) is 28.9. The van der Waals surface area contributed by atoms with Crippen molar-refractivity contribution in [1.29, 1.82) is 0 Å². The fourth-order valence-corrected chi connectivity index (χ4v) is 6.78. The molecular weight excluding hydrogens is 372 g/mol. The Balaban J connectivity index is 1.52. The van der Waals surface area contributed by atoms with Gasteiger partial charge in [0.05, 0.1) is 5.69 Å². The Morgan fingerprint density at radius 3 is 2.70 bits per heavy atom. The molecule has 2 aromatic heterocycles. The summed E-state index contributed by atoms with van der Waals surface area (Å²) in [5.41, 5.74) is 4.61. The van der Waals surface area contributed by atoms with Gasteiger partial charge in [0.25, 0.3) is 5.91 Å². The molecule has 2 aliphatic heterocycles. The van der Waals surface area contributed by atoms with Crippen molar-refractivity contribution in [2.45, 2.75) is 78.8 Å². The summed E-state index contributed by atoms with van der Waals surface area (Å²) >= 11 is 0. The van der Waals surface area contributed by atoms with Crippen molar-refractivity contribution in [1.82, 2.24) is 19.2 Å². The highest BCUT2D eigenvalue weighted by atomic mass is 16.2. The number of aryl methyl sites for hydroxylation is 1. The molecular formula is C25H36N4O. The van der Waals surface area contributed by atoms with E-state index in [2.05, 4.69) is 55.3 Å². The number of piperidine rings is 1. The van der Waals surface area contributed by atoms with Crippen LogP contribution in [0.4, 0.5) is 0 Å². The maximum absolute atomic E-state index is 13.5. The molecule has 0 spiro atoms. The molecule has 2 atom stereocenters. The van der Waals surface area contributed by atoms with Crippen molar-refractivity contribution < 1.29 is 4.79 Å². The van der Waals surface area contributed by atoms with Gasteiger partial charge in [-0.3, -0.25) is 9.69 Å². The molecule has 0 N–H and O–H groups in total. The third-order valence-corrected chi connectivity index (χ3v) is 7.67. The van der Waals surface area contributed by atoms with E-state index in [1.165, 1.54) is 25.7 Å². The van der Waals surface area contributed by atoms with Crippen LogP contribution in [0.25, 0.3) is 5.65 Å². The highest BCUT2D eigenvalue weighted by molar-refractivity contribution is 5.94. The number of carbonyl (C=O) groups excluding carboxylic acids is 1. The number of carbonyl (C=O) groups is 1. The number of likely N-dealkylation sites (tertiary alicyclic amines) is 2. The van der Waals surface area contributed by atoms with Crippen LogP contribution in [0.3, 0.4) is 0 Å². The van der Waals surface area contributed by atoms with Crippen molar-refractivity contribution in [3.63, 3.8) is 0 Å². The van der Waals surface area contributed by atoms with Gasteiger partial charge in [0.1, 0.15) is 5.65 Å². The Kier molecular flexibility index (Phi) is 4.73. The van der Waals surface area contributed by atoms with Crippen LogP contribution in [0, 0.1) is 17.8 Å². The lowest BCUT2D eigenvalue weighted by Gasteiger charge is -2.40. The molecule has 0 aromatic carbocycles. The fraction of sp³-hybridized carbons (Fsp3) is 0.680. The summed E-state index contributed by atoms with van der Waals surface area (Å²) in [4.78, 5) is 23.1. The topological polar surface area (TPSA) is 40.9 Å². The van der Waals surface area contributed by atoms with E-state index in [4.69, 9.17) is 4.98 Å². The predicted molar refractivity (Wildman–Crippen MR) is 120 cm³/mol. The number of nitrogens with zero attached hydrogens (tertiary/aromatic N) is 4. The standard InChI is InChI=1S/C25H36N4O/c1-18-9-8-12-29-20(15-28-17-25(4)14-19(28)13-24(2,3)16-25)21(26-22(18)29)23(30)27-10-6-5-7-11-27/h8-9,12,19H,5-7,10-11,13-17H2,1-4H3/t19-,25-/m1/s1. The lowest BCUT2D eigenvalue weighted by atomic mass is 9.65. The van der Waals surface area contributed by atoms with Gasteiger partial charge in [0.2, 0.25) is 0 Å². The second-order valence-corrected chi connectivity index (χ2v) is 11.3. The van der Waals surface area contributed by atoms with Gasteiger partial charge in [-0.05, 0) is 67.9 Å². The number of hydrogen-bond donors (Lipinski definition) is 0. The second kappa shape index (κ2) is 7.08. The maximum Gasteiger partial charge on any atom is 0.274 e. The lowest BCUT2D eigenvalue weighted by molar-refractivity contribution is 0.0715. The zero-order valence-electron chi connectivity index (χ0n) is 19.1. The van der Waals surface area contributed by atoms with Crippen LogP contribution >= 0.6 is 0 Å². The molecule has 5 heteroatoms. The van der Waals surface area contributed by atoms with Crippen LogP contribution in [0.5, 0.6) is 0 Å². The summed E-state index contributed by atoms with van der Waals surface area (Å²) in [5.74, 6) is 0.126. The number of hydrogen-bond acceptors (Lipinski definition) is 3. The highest BCUT2D eigenvalue weighted by Gasteiger charge is 2.49. The number of imidazole rings is 1. The predicted octanol–water partition coefficient (Wildman–Crippen LogP) is 4.67. The average Bonchev–Trinajstić information content (AvgIpc) is 3.17. The first-order chi connectivity index (χ1) is 14.2. The Morgan fingerprint density at radius 1 is 1.17 bits per heavy atom. The Bertz CT molecular complexity index is 971. The van der Waals surface area contributed by atoms with Gasteiger partial charge in [-0.2, -0.15) is 0 Å². The molecule has 162 valence electrons. The first-order valence-electron chi connectivity index (χ1n) is 11.7. The minimum Gasteiger partial charge on any atom is -0.337 e. The number of fused-ring (bicyclic) bond motifs is 3. The molecule has 4 heterocycles. The van der Waals surface area contributed by atoms with Gasteiger partial charge >= 0.3 is 0 Å². The van der Waals surface area contributed by atoms with E-state index >= 15 is 0 Å². The van der Waals surface area contributed by atoms with E-state index in [0.717, 1.165) is 55.9 Å². The minimum atomic E-state index is 0.126. The summed E-state index contributed by atoms with van der Waals surface area (Å²) in [6.45, 7) is 13.1. The first kappa shape index (κ1) is 20.0. The van der Waals surface area contributed by atoms with Gasteiger partial charge in [0.15, 0.2) is 5.69 Å². The lowest BCUT2D eigenvalue weighted by Crippen LogP contribution is -2.37. The third-order valence-electron chi connectivity index (χ3n) is 7.67. The van der Waals surface area contributed by atoms with Crippen molar-refractivity contribution in [2.24, 2.45) is 10.8 Å². The fourth-order valence-electron chi connectivity index (χ4n) is 6.78. The molecule has 2 bridgehead atoms. The van der Waals surface area contributed by atoms with E-state index < -0.39 is 0 Å². The van der Waals surface area contributed by atoms with Gasteiger partial charge < -0.3 is 9.30 Å². The average molecular weight is 409 g/mol. The smallest absolute Gasteiger partial charge is 0.274 e. The van der Waals surface area contributed by atoms with Gasteiger partial charge in [-0.1, -0.05) is 26.8 Å². The summed E-state index contributed by atoms with van der Waals surface area (Å²) in [5, 5.41) is 0. The summed E-state index contributed by atoms with van der Waals surface area (Å²) in [6, 6.07) is 4.77. The molecule has 3 aliphatic rings. The van der Waals surface area contributed by atoms with E-state index in [9.17, 15) is 4.79 Å². The monoisotopic (exact) mass is 408 g/mol. The van der Waals surface area contributed by atoms with Gasteiger partial charge in [0, 0.05) is 38.4 Å². The Hall–Kier alpha value is -1.88. The van der Waals surface area contributed by atoms with E-state index in [1.807, 2.05) is 4.90 Å². The highest BCUT2D eigenvalue weighted by Crippen LogP contribution is 2.52. The zero-order valence-corrected chi connectivity index (χ0v) is 19.1. The Labute approximate surface area is 180 Å². The molecule has 2 saturated heterocycles. The molecule has 1 amide bonds. The summed E-state index contributed by atoms with van der Waals surface area (Å²) < 4.78 is 2.18. The molecule has 1 saturated carbocycles. The zero-order chi connectivity index (χ0) is 21.1. The van der Waals surface area contributed by atoms with Crippen LogP contribution in [0.1, 0.15) is 81.0 Å². The van der Waals surface area contributed by atoms with E-state index in [0.29, 0.717) is 22.6 Å². The van der Waals surface area contributed by atoms with Crippen molar-refractivity contribution >= 4 is 11.6 Å². The largest absolute Gasteiger partial charge is 0.337 e. The van der Waals surface area contributed by atoms with Gasteiger partial charge in [-0.25, -0.2) is 4.98 Å². The number of rotatable bonds is 3. The molecule has 5 nitrogen and oxygen atoms in total. The maximum atomic E-state index is 13.5. The summed E-state index contributed by atoms with van der Waals surface area (Å²) in [6.07, 6.45) is 9.34. The van der Waals surface area contributed by atoms with Gasteiger partial charge in [-0.15, -0.1) is 0 Å². The minimum absolute atomic E-state index is 0.126. The van der Waals surface area contributed by atoms with E-state index in [1.54, 1.807) is 0 Å². The molecule has 0 unspecified atom stereocenters. The van der Waals surface area contributed by atoms with Crippen molar-refractivity contribution in [3.05, 3.63) is 35.3 Å². The number of pyridine rings is 1. The van der Waals surface area contributed by atoms with Crippen molar-refractivity contribution in [2.75, 3.05) is 19.6 Å². The van der Waals surface area contributed by atoms with Crippen LogP contribution in [0.15, 0.2) is 18.3 Å². The Morgan fingerprint density at radius 2 is 1.93 bits per heavy atom. The quantitative estimate of drug-likeness (QED) is 0.741. The SMILES string of the molecule is Cc1cccn2c(CN3C[C@]4(C)C[C@H]3CC(C)(C)C4)c(C(=O)N3CCCCC3)nc12. The molecule has 0 radical (unpaired) electrons. The molecule has 30 heavy (non-hydrogen) atoms.